The zero-order valence-electron chi connectivity index (χ0n) is 14.6. The van der Waals surface area contributed by atoms with Crippen LogP contribution in [0, 0.1) is 6.92 Å². The number of H-pyrrole nitrogens is 1. The SMILES string of the molecule is C/C(=C\C=C(/C)NC=O)Cc1cn(-c2ccnc3[nH]ccc23)nc1C. The maximum absolute atomic E-state index is 10.4. The zero-order chi connectivity index (χ0) is 17.8. The van der Waals surface area contributed by atoms with Crippen molar-refractivity contribution in [3.63, 3.8) is 0 Å². The highest BCUT2D eigenvalue weighted by Gasteiger charge is 2.10. The topological polar surface area (TPSA) is 75.6 Å². The third-order valence-corrected chi connectivity index (χ3v) is 4.06. The van der Waals surface area contributed by atoms with Crippen molar-refractivity contribution in [2.24, 2.45) is 0 Å². The van der Waals surface area contributed by atoms with Gasteiger partial charge in [-0.25, -0.2) is 9.67 Å². The fourth-order valence-corrected chi connectivity index (χ4v) is 2.71. The predicted molar refractivity (Wildman–Crippen MR) is 98.4 cm³/mol. The van der Waals surface area contributed by atoms with Crippen LogP contribution in [0.25, 0.3) is 16.7 Å². The number of hydrogen-bond donors (Lipinski definition) is 2. The lowest BCUT2D eigenvalue weighted by molar-refractivity contribution is -0.108. The Morgan fingerprint density at radius 3 is 2.96 bits per heavy atom. The second-order valence-corrected chi connectivity index (χ2v) is 6.06. The molecule has 0 fully saturated rings. The molecule has 0 bridgehead atoms. The van der Waals surface area contributed by atoms with E-state index in [1.54, 1.807) is 6.20 Å². The van der Waals surface area contributed by atoms with E-state index in [0.717, 1.165) is 34.5 Å². The van der Waals surface area contributed by atoms with Gasteiger partial charge in [0.1, 0.15) is 5.65 Å². The first-order valence-corrected chi connectivity index (χ1v) is 8.10. The summed E-state index contributed by atoms with van der Waals surface area (Å²) in [7, 11) is 0. The number of aromatic nitrogens is 4. The molecule has 0 radical (unpaired) electrons. The highest BCUT2D eigenvalue weighted by atomic mass is 16.1. The van der Waals surface area contributed by atoms with Crippen molar-refractivity contribution in [1.82, 2.24) is 25.1 Å². The lowest BCUT2D eigenvalue weighted by Crippen LogP contribution is -2.06. The van der Waals surface area contributed by atoms with E-state index in [1.165, 1.54) is 11.1 Å². The molecule has 0 saturated carbocycles. The maximum atomic E-state index is 10.4. The number of amides is 1. The highest BCUT2D eigenvalue weighted by Crippen LogP contribution is 2.21. The number of pyridine rings is 1. The van der Waals surface area contributed by atoms with Crippen molar-refractivity contribution >= 4 is 17.4 Å². The molecule has 0 unspecified atom stereocenters. The number of aromatic amines is 1. The van der Waals surface area contributed by atoms with Crippen LogP contribution in [0.5, 0.6) is 0 Å². The van der Waals surface area contributed by atoms with E-state index < -0.39 is 0 Å². The minimum atomic E-state index is 0.680. The van der Waals surface area contributed by atoms with E-state index in [4.69, 9.17) is 0 Å². The fourth-order valence-electron chi connectivity index (χ4n) is 2.71. The first-order chi connectivity index (χ1) is 12.1. The van der Waals surface area contributed by atoms with Crippen molar-refractivity contribution in [3.05, 3.63) is 65.4 Å². The molecule has 0 atom stereocenters. The summed E-state index contributed by atoms with van der Waals surface area (Å²) >= 11 is 0. The van der Waals surface area contributed by atoms with Crippen LogP contribution in [0.2, 0.25) is 0 Å². The summed E-state index contributed by atoms with van der Waals surface area (Å²) in [6.45, 7) is 5.94. The van der Waals surface area contributed by atoms with E-state index in [1.807, 2.05) is 49.0 Å². The standard InChI is InChI=1S/C19H21N5O/c1-13(4-5-14(2)22-12-25)10-16-11-24(23-15(16)3)18-7-9-21-19-17(18)6-8-20-19/h4-9,11-12H,10H2,1-3H3,(H,20,21)(H,22,25)/b13-4+,14-5+. The fraction of sp³-hybridized carbons (Fsp3) is 0.211. The molecule has 2 N–H and O–H groups in total. The Kier molecular flexibility index (Phi) is 4.79. The van der Waals surface area contributed by atoms with Gasteiger partial charge in [0, 0.05) is 29.7 Å². The molecule has 3 heterocycles. The molecule has 0 aliphatic heterocycles. The van der Waals surface area contributed by atoms with Crippen LogP contribution in [-0.2, 0) is 11.2 Å². The molecule has 0 aliphatic carbocycles. The Morgan fingerprint density at radius 2 is 2.16 bits per heavy atom. The molecule has 6 heteroatoms. The smallest absolute Gasteiger partial charge is 0.211 e. The van der Waals surface area contributed by atoms with Gasteiger partial charge >= 0.3 is 0 Å². The van der Waals surface area contributed by atoms with Gasteiger partial charge in [0.25, 0.3) is 0 Å². The molecule has 3 aromatic rings. The van der Waals surface area contributed by atoms with Crippen molar-refractivity contribution in [2.75, 3.05) is 0 Å². The van der Waals surface area contributed by atoms with Crippen LogP contribution in [0.15, 0.2) is 54.1 Å². The van der Waals surface area contributed by atoms with E-state index >= 15 is 0 Å². The van der Waals surface area contributed by atoms with Gasteiger partial charge in [-0.1, -0.05) is 11.6 Å². The average molecular weight is 335 g/mol. The normalized spacial score (nSPS) is 12.6. The largest absolute Gasteiger partial charge is 0.346 e. The van der Waals surface area contributed by atoms with Gasteiger partial charge in [-0.05, 0) is 51.0 Å². The van der Waals surface area contributed by atoms with Gasteiger partial charge in [0.15, 0.2) is 0 Å². The zero-order valence-corrected chi connectivity index (χ0v) is 14.6. The van der Waals surface area contributed by atoms with Crippen molar-refractivity contribution in [1.29, 1.82) is 0 Å². The molecule has 1 amide bonds. The maximum Gasteiger partial charge on any atom is 0.211 e. The van der Waals surface area contributed by atoms with Crippen LogP contribution < -0.4 is 5.32 Å². The number of rotatable bonds is 6. The molecule has 128 valence electrons. The molecule has 3 rings (SSSR count). The molecule has 0 aromatic carbocycles. The van der Waals surface area contributed by atoms with Gasteiger partial charge in [0.2, 0.25) is 6.41 Å². The summed E-state index contributed by atoms with van der Waals surface area (Å²) in [4.78, 5) is 17.9. The quantitative estimate of drug-likeness (QED) is 0.536. The summed E-state index contributed by atoms with van der Waals surface area (Å²) in [6.07, 6.45) is 11.1. The Labute approximate surface area is 146 Å². The first kappa shape index (κ1) is 16.7. The Bertz CT molecular complexity index is 961. The number of hydrogen-bond acceptors (Lipinski definition) is 3. The van der Waals surface area contributed by atoms with Gasteiger partial charge in [-0.3, -0.25) is 4.79 Å². The molecule has 25 heavy (non-hydrogen) atoms. The number of nitrogens with one attached hydrogen (secondary N) is 2. The third-order valence-electron chi connectivity index (χ3n) is 4.06. The van der Waals surface area contributed by atoms with Gasteiger partial charge in [-0.15, -0.1) is 0 Å². The summed E-state index contributed by atoms with van der Waals surface area (Å²) in [5, 5.41) is 8.33. The lowest BCUT2D eigenvalue weighted by atomic mass is 10.1. The van der Waals surface area contributed by atoms with E-state index in [9.17, 15) is 4.79 Å². The number of nitrogens with zero attached hydrogens (tertiary/aromatic N) is 3. The minimum absolute atomic E-state index is 0.680. The second-order valence-electron chi connectivity index (χ2n) is 6.06. The number of allylic oxidation sites excluding steroid dienone is 4. The molecule has 3 aromatic heterocycles. The Balaban J connectivity index is 1.86. The highest BCUT2D eigenvalue weighted by molar-refractivity contribution is 5.84. The summed E-state index contributed by atoms with van der Waals surface area (Å²) in [5.74, 6) is 0. The van der Waals surface area contributed by atoms with Gasteiger partial charge in [0.05, 0.1) is 11.4 Å². The first-order valence-electron chi connectivity index (χ1n) is 8.10. The molecular formula is C19H21N5O. The molecular weight excluding hydrogens is 314 g/mol. The van der Waals surface area contributed by atoms with Gasteiger partial charge < -0.3 is 10.3 Å². The Morgan fingerprint density at radius 1 is 1.32 bits per heavy atom. The van der Waals surface area contributed by atoms with Crippen molar-refractivity contribution in [2.45, 2.75) is 27.2 Å². The van der Waals surface area contributed by atoms with E-state index in [-0.39, 0.29) is 0 Å². The molecule has 0 aliphatic rings. The van der Waals surface area contributed by atoms with Crippen molar-refractivity contribution in [3.8, 4) is 5.69 Å². The predicted octanol–water partition coefficient (Wildman–Crippen LogP) is 3.20. The summed E-state index contributed by atoms with van der Waals surface area (Å²) in [5.41, 5.74) is 6.04. The monoisotopic (exact) mass is 335 g/mol. The molecule has 0 saturated heterocycles. The lowest BCUT2D eigenvalue weighted by Gasteiger charge is -2.02. The number of carbonyl (C=O) groups excluding carboxylic acids is 1. The minimum Gasteiger partial charge on any atom is -0.346 e. The average Bonchev–Trinajstić information content (AvgIpc) is 3.20. The second kappa shape index (κ2) is 7.17. The van der Waals surface area contributed by atoms with Crippen LogP contribution in [0.3, 0.4) is 0 Å². The van der Waals surface area contributed by atoms with Crippen LogP contribution in [0.4, 0.5) is 0 Å². The molecule has 6 nitrogen and oxygen atoms in total. The van der Waals surface area contributed by atoms with E-state index in [0.29, 0.717) is 6.41 Å². The number of fused-ring (bicyclic) bond motifs is 1. The van der Waals surface area contributed by atoms with Crippen molar-refractivity contribution < 1.29 is 4.79 Å². The third kappa shape index (κ3) is 3.68. The number of carbonyl (C=O) groups is 1. The number of aryl methyl sites for hydroxylation is 1. The van der Waals surface area contributed by atoms with Crippen LogP contribution >= 0.6 is 0 Å². The van der Waals surface area contributed by atoms with E-state index in [2.05, 4.69) is 33.5 Å². The summed E-state index contributed by atoms with van der Waals surface area (Å²) < 4.78 is 1.91. The van der Waals surface area contributed by atoms with Crippen LogP contribution in [0.1, 0.15) is 25.1 Å². The van der Waals surface area contributed by atoms with Crippen LogP contribution in [-0.4, -0.2) is 26.2 Å². The molecule has 0 spiro atoms. The van der Waals surface area contributed by atoms with Gasteiger partial charge in [-0.2, -0.15) is 5.10 Å². The summed E-state index contributed by atoms with van der Waals surface area (Å²) in [6, 6.07) is 3.97. The Hall–Kier alpha value is -3.15.